The zero-order valence-electron chi connectivity index (χ0n) is 32.4. The van der Waals surface area contributed by atoms with Gasteiger partial charge < -0.3 is 30.2 Å². The van der Waals surface area contributed by atoms with Gasteiger partial charge in [0.1, 0.15) is 6.04 Å². The molecule has 1 aromatic rings. The van der Waals surface area contributed by atoms with Gasteiger partial charge in [-0.05, 0) is 74.9 Å². The van der Waals surface area contributed by atoms with E-state index in [1.165, 1.54) is 23.7 Å². The monoisotopic (exact) mass is 780 g/mol. The second-order valence-electron chi connectivity index (χ2n) is 16.6. The van der Waals surface area contributed by atoms with E-state index in [4.69, 9.17) is 0 Å². The Kier molecular flexibility index (Phi) is 13.2. The lowest BCUT2D eigenvalue weighted by Crippen LogP contribution is -2.57. The van der Waals surface area contributed by atoms with E-state index < -0.39 is 24.1 Å². The zero-order valence-corrected chi connectivity index (χ0v) is 34.2. The summed E-state index contributed by atoms with van der Waals surface area (Å²) in [4.78, 5) is 49.3. The Morgan fingerprint density at radius 3 is 2.35 bits per heavy atom. The van der Waals surface area contributed by atoms with Crippen LogP contribution in [0.5, 0.6) is 0 Å². The predicted molar refractivity (Wildman–Crippen MR) is 217 cm³/mol. The van der Waals surface area contributed by atoms with Crippen LogP contribution in [0.25, 0.3) is 0 Å². The molecule has 296 valence electrons. The van der Waals surface area contributed by atoms with Gasteiger partial charge in [-0.3, -0.25) is 4.79 Å². The molecule has 5 aliphatic heterocycles. The van der Waals surface area contributed by atoms with Crippen molar-refractivity contribution in [2.24, 2.45) is 5.10 Å². The summed E-state index contributed by atoms with van der Waals surface area (Å²) >= 11 is 0. The maximum atomic E-state index is 14.3. The SMILES string of the molecule is C[Si](C)(C)CCS(=O)(=O)N1C/C=C\C(C[C@@H](NC(=O)N2CCC(N3Cc4ccccc4NC3=O)CC2)C(=O)N2CCC(N3CCCCC3)CC2)=C/CC=N1. The molecule has 3 fully saturated rings. The normalized spacial score (nSPS) is 23.3. The number of anilines is 1. The van der Waals surface area contributed by atoms with E-state index in [1.54, 1.807) is 17.2 Å². The molecule has 5 amide bonds. The third-order valence-corrected chi connectivity index (χ3v) is 15.2. The fourth-order valence-electron chi connectivity index (χ4n) is 8.16. The van der Waals surface area contributed by atoms with E-state index in [0.717, 1.165) is 42.8 Å². The van der Waals surface area contributed by atoms with Gasteiger partial charge in [0.25, 0.3) is 0 Å². The number of allylic oxidation sites excluding steroid dienone is 2. The molecule has 1 atom stereocenters. The van der Waals surface area contributed by atoms with Crippen molar-refractivity contribution in [3.05, 3.63) is 53.6 Å². The fourth-order valence-corrected chi connectivity index (χ4v) is 12.4. The van der Waals surface area contributed by atoms with Crippen LogP contribution < -0.4 is 10.6 Å². The van der Waals surface area contributed by atoms with E-state index in [-0.39, 0.29) is 42.7 Å². The molecule has 13 nitrogen and oxygen atoms in total. The van der Waals surface area contributed by atoms with Crippen molar-refractivity contribution in [1.29, 1.82) is 0 Å². The van der Waals surface area contributed by atoms with Crippen LogP contribution in [0.3, 0.4) is 0 Å². The number of hydrogen-bond donors (Lipinski definition) is 2. The number of fused-ring (bicyclic) bond motifs is 1. The number of benzene rings is 1. The van der Waals surface area contributed by atoms with Gasteiger partial charge in [-0.15, -0.1) is 0 Å². The summed E-state index contributed by atoms with van der Waals surface area (Å²) in [5.41, 5.74) is 2.77. The highest BCUT2D eigenvalue weighted by molar-refractivity contribution is 7.89. The average Bonchev–Trinajstić information content (AvgIpc) is 3.29. The largest absolute Gasteiger partial charge is 0.341 e. The number of sulfonamides is 1. The summed E-state index contributed by atoms with van der Waals surface area (Å²) in [5, 5.41) is 10.4. The summed E-state index contributed by atoms with van der Waals surface area (Å²) in [6, 6.07) is 7.82. The third kappa shape index (κ3) is 10.5. The minimum Gasteiger partial charge on any atom is -0.341 e. The molecule has 0 aromatic heterocycles. The topological polar surface area (TPSA) is 138 Å². The number of nitrogens with zero attached hydrogens (tertiary/aromatic N) is 6. The lowest BCUT2D eigenvalue weighted by atomic mass is 9.98. The molecule has 1 aromatic carbocycles. The number of para-hydroxylation sites is 1. The molecule has 5 heterocycles. The van der Waals surface area contributed by atoms with E-state index in [2.05, 4.69) is 40.3 Å². The van der Waals surface area contributed by atoms with Crippen molar-refractivity contribution in [2.45, 2.75) is 108 Å². The molecule has 0 radical (unpaired) electrons. The first-order valence-electron chi connectivity index (χ1n) is 20.0. The van der Waals surface area contributed by atoms with Crippen molar-refractivity contribution >= 4 is 48.0 Å². The van der Waals surface area contributed by atoms with Crippen molar-refractivity contribution in [2.75, 3.05) is 56.9 Å². The Labute approximate surface area is 322 Å². The number of nitrogens with one attached hydrogen (secondary N) is 2. The first-order chi connectivity index (χ1) is 25.9. The lowest BCUT2D eigenvalue weighted by molar-refractivity contribution is -0.134. The first-order valence-corrected chi connectivity index (χ1v) is 25.3. The molecular weight excluding hydrogens is 721 g/mol. The molecule has 0 spiro atoms. The van der Waals surface area contributed by atoms with Gasteiger partial charge in [0, 0.05) is 77.6 Å². The predicted octanol–water partition coefficient (Wildman–Crippen LogP) is 5.29. The number of carbonyl (C=O) groups excluding carboxylic acids is 3. The lowest BCUT2D eigenvalue weighted by Gasteiger charge is -2.42. The summed E-state index contributed by atoms with van der Waals surface area (Å²) < 4.78 is 27.5. The van der Waals surface area contributed by atoms with Crippen molar-refractivity contribution in [3.63, 3.8) is 0 Å². The highest BCUT2D eigenvalue weighted by Crippen LogP contribution is 2.28. The van der Waals surface area contributed by atoms with Crippen LogP contribution in [0, 0.1) is 0 Å². The summed E-state index contributed by atoms with van der Waals surface area (Å²) in [6.07, 6.45) is 14.8. The number of amides is 5. The molecule has 6 rings (SSSR count). The van der Waals surface area contributed by atoms with E-state index in [9.17, 15) is 22.8 Å². The van der Waals surface area contributed by atoms with Crippen molar-refractivity contribution < 1.29 is 22.8 Å². The Bertz CT molecular complexity index is 1690. The van der Waals surface area contributed by atoms with Crippen LogP contribution in [0.4, 0.5) is 15.3 Å². The summed E-state index contributed by atoms with van der Waals surface area (Å²) in [7, 11) is -5.13. The molecule has 15 heteroatoms. The molecule has 0 unspecified atom stereocenters. The molecule has 2 N–H and O–H groups in total. The molecule has 54 heavy (non-hydrogen) atoms. The molecule has 5 aliphatic rings. The van der Waals surface area contributed by atoms with Gasteiger partial charge in [-0.2, -0.15) is 9.52 Å². The van der Waals surface area contributed by atoms with Crippen LogP contribution in [0.2, 0.25) is 25.7 Å². The average molecular weight is 781 g/mol. The van der Waals surface area contributed by atoms with Crippen LogP contribution in [-0.4, -0.2) is 134 Å². The second-order valence-corrected chi connectivity index (χ2v) is 24.3. The van der Waals surface area contributed by atoms with Gasteiger partial charge >= 0.3 is 12.1 Å². The van der Waals surface area contributed by atoms with Gasteiger partial charge in [-0.1, -0.05) is 62.5 Å². The van der Waals surface area contributed by atoms with Gasteiger partial charge in [0.2, 0.25) is 15.9 Å². The molecule has 3 saturated heterocycles. The summed E-state index contributed by atoms with van der Waals surface area (Å²) in [5.74, 6) is -0.0147. The van der Waals surface area contributed by atoms with E-state index in [0.29, 0.717) is 64.1 Å². The van der Waals surface area contributed by atoms with Crippen molar-refractivity contribution in [1.82, 2.24) is 29.3 Å². The standard InChI is InChI=1S/C39H60N8O5SSi/c1-54(2,3)28-27-53(51,52)47-22-10-12-31(11-9-19-40-47)29-36(37(48)44-23-15-33(16-24-44)43-20-7-4-8-21-43)42-38(49)45-25-17-34(18-26-45)46-30-32-13-5-6-14-35(32)41-39(46)50/h5-6,10-14,19,33-34,36H,4,7-9,15-18,20-30H2,1-3H3,(H,41,50)(H,42,49)/b12-10-,31-11+,40-19?/t36-/m1/s1. The quantitative estimate of drug-likeness (QED) is 0.310. The fraction of sp³-hybridized carbons (Fsp3) is 0.641. The molecule has 0 aliphatic carbocycles. The maximum Gasteiger partial charge on any atom is 0.322 e. The van der Waals surface area contributed by atoms with Gasteiger partial charge in [0.15, 0.2) is 0 Å². The first kappa shape index (κ1) is 40.0. The number of hydrogen-bond acceptors (Lipinski definition) is 7. The van der Waals surface area contributed by atoms with E-state index >= 15 is 0 Å². The number of carbonyl (C=O) groups is 3. The van der Waals surface area contributed by atoms with Crippen LogP contribution >= 0.6 is 0 Å². The van der Waals surface area contributed by atoms with Crippen LogP contribution in [0.15, 0.2) is 53.2 Å². The third-order valence-electron chi connectivity index (χ3n) is 11.5. The van der Waals surface area contributed by atoms with Gasteiger partial charge in [0.05, 0.1) is 12.3 Å². The Hall–Kier alpha value is -3.69. The second kappa shape index (κ2) is 17.8. The zero-order chi connectivity index (χ0) is 38.3. The van der Waals surface area contributed by atoms with Crippen LogP contribution in [-0.2, 0) is 21.4 Å². The number of urea groups is 2. The molecule has 0 bridgehead atoms. The minimum atomic E-state index is -3.57. The van der Waals surface area contributed by atoms with Crippen LogP contribution in [0.1, 0.15) is 63.4 Å². The molecular formula is C39H60N8O5SSi. The number of hydrazone groups is 1. The maximum absolute atomic E-state index is 14.3. The summed E-state index contributed by atoms with van der Waals surface area (Å²) in [6.45, 7) is 11.6. The Balaban J connectivity index is 1.10. The van der Waals surface area contributed by atoms with Crippen molar-refractivity contribution in [3.8, 4) is 0 Å². The molecule has 0 saturated carbocycles. The highest BCUT2D eigenvalue weighted by Gasteiger charge is 2.36. The Morgan fingerprint density at radius 2 is 1.63 bits per heavy atom. The Morgan fingerprint density at radius 1 is 0.944 bits per heavy atom. The number of rotatable bonds is 10. The number of likely N-dealkylation sites (tertiary alicyclic amines) is 3. The number of piperidine rings is 3. The van der Waals surface area contributed by atoms with Gasteiger partial charge in [-0.25, -0.2) is 18.0 Å². The minimum absolute atomic E-state index is 0.00997. The smallest absolute Gasteiger partial charge is 0.322 e. The highest BCUT2D eigenvalue weighted by atomic mass is 32.2. The van der Waals surface area contributed by atoms with E-state index in [1.807, 2.05) is 46.2 Å².